The lowest BCUT2D eigenvalue weighted by Gasteiger charge is -2.18. The highest BCUT2D eigenvalue weighted by Gasteiger charge is 2.23. The van der Waals surface area contributed by atoms with Crippen LogP contribution < -0.4 is 15.8 Å². The van der Waals surface area contributed by atoms with Gasteiger partial charge in [0.2, 0.25) is 5.89 Å². The van der Waals surface area contributed by atoms with Crippen molar-refractivity contribution >= 4 is 17.8 Å². The van der Waals surface area contributed by atoms with E-state index in [2.05, 4.69) is 10.3 Å². The molecule has 2 aromatic carbocycles. The lowest BCUT2D eigenvalue weighted by atomic mass is 9.97. The molecule has 1 atom stereocenters. The van der Waals surface area contributed by atoms with Crippen molar-refractivity contribution in [3.8, 4) is 17.2 Å². The maximum Gasteiger partial charge on any atom is 0.327 e. The fourth-order valence-electron chi connectivity index (χ4n) is 4.04. The molecule has 40 heavy (non-hydrogen) atoms. The van der Waals surface area contributed by atoms with Gasteiger partial charge in [0.15, 0.2) is 0 Å². The third-order valence-electron chi connectivity index (χ3n) is 6.07. The number of rotatable bonds is 14. The van der Waals surface area contributed by atoms with Gasteiger partial charge in [0.05, 0.1) is 18.4 Å². The van der Waals surface area contributed by atoms with E-state index in [1.807, 2.05) is 19.9 Å². The second kappa shape index (κ2) is 14.3. The Balaban J connectivity index is 1.71. The molecule has 0 aliphatic heterocycles. The number of ether oxygens (including phenoxy) is 2. The summed E-state index contributed by atoms with van der Waals surface area (Å²) in [5.74, 6) is -0.153. The second-order valence-corrected chi connectivity index (χ2v) is 9.67. The molecule has 0 saturated carbocycles. The van der Waals surface area contributed by atoms with Crippen LogP contribution in [0.5, 0.6) is 5.75 Å². The van der Waals surface area contributed by atoms with E-state index >= 15 is 0 Å². The summed E-state index contributed by atoms with van der Waals surface area (Å²) in [6, 6.07) is 11.1. The van der Waals surface area contributed by atoms with E-state index in [9.17, 15) is 14.4 Å². The smallest absolute Gasteiger partial charge is 0.327 e. The fourth-order valence-corrected chi connectivity index (χ4v) is 4.04. The topological polar surface area (TPSA) is 154 Å². The zero-order chi connectivity index (χ0) is 29.2. The summed E-state index contributed by atoms with van der Waals surface area (Å²) in [5.41, 5.74) is 9.24. The third kappa shape index (κ3) is 8.41. The van der Waals surface area contributed by atoms with Crippen molar-refractivity contribution in [1.82, 2.24) is 10.3 Å². The molecule has 0 fully saturated rings. The minimum Gasteiger partial charge on any atom is -0.493 e. The normalized spacial score (nSPS) is 11.8. The van der Waals surface area contributed by atoms with Gasteiger partial charge in [-0.15, -0.1) is 0 Å². The van der Waals surface area contributed by atoms with Crippen molar-refractivity contribution in [1.29, 1.82) is 0 Å². The summed E-state index contributed by atoms with van der Waals surface area (Å²) < 4.78 is 17.1. The van der Waals surface area contributed by atoms with E-state index in [1.54, 1.807) is 50.2 Å². The predicted octanol–water partition coefficient (Wildman–Crippen LogP) is 4.38. The minimum atomic E-state index is -1.07. The van der Waals surface area contributed by atoms with Crippen LogP contribution in [0.2, 0.25) is 0 Å². The van der Waals surface area contributed by atoms with Crippen LogP contribution in [0.3, 0.4) is 0 Å². The van der Waals surface area contributed by atoms with Crippen LogP contribution in [0.25, 0.3) is 11.5 Å². The quantitative estimate of drug-likeness (QED) is 0.248. The number of hydrogen-bond acceptors (Lipinski definition) is 8. The summed E-state index contributed by atoms with van der Waals surface area (Å²) >= 11 is 0. The first kappa shape index (κ1) is 30.4. The van der Waals surface area contributed by atoms with Crippen molar-refractivity contribution < 1.29 is 33.4 Å². The summed E-state index contributed by atoms with van der Waals surface area (Å²) in [7, 11) is 0. The molecule has 1 aromatic heterocycles. The van der Waals surface area contributed by atoms with Crippen LogP contribution in [0.15, 0.2) is 46.9 Å². The largest absolute Gasteiger partial charge is 0.493 e. The molecule has 10 nitrogen and oxygen atoms in total. The van der Waals surface area contributed by atoms with Crippen molar-refractivity contribution in [2.45, 2.75) is 65.5 Å². The van der Waals surface area contributed by atoms with Gasteiger partial charge in [0.25, 0.3) is 5.91 Å². The number of hydrogen-bond donors (Lipinski definition) is 3. The molecule has 0 spiro atoms. The second-order valence-electron chi connectivity index (χ2n) is 9.67. The van der Waals surface area contributed by atoms with Crippen LogP contribution in [0.4, 0.5) is 0 Å². The molecule has 3 rings (SSSR count). The van der Waals surface area contributed by atoms with E-state index in [0.29, 0.717) is 58.3 Å². The molecule has 1 heterocycles. The highest BCUT2D eigenvalue weighted by atomic mass is 16.5. The molecule has 3 aromatic rings. The number of oxazole rings is 1. The number of carbonyl (C=O) groups is 3. The number of benzene rings is 2. The Morgan fingerprint density at radius 1 is 1.12 bits per heavy atom. The summed E-state index contributed by atoms with van der Waals surface area (Å²) in [6.07, 6.45) is 1.08. The number of amides is 1. The molecule has 0 aliphatic carbocycles. The highest BCUT2D eigenvalue weighted by Crippen LogP contribution is 2.26. The molecule has 0 radical (unpaired) electrons. The van der Waals surface area contributed by atoms with Crippen molar-refractivity contribution in [2.75, 3.05) is 13.2 Å². The van der Waals surface area contributed by atoms with E-state index in [1.165, 1.54) is 0 Å². The van der Waals surface area contributed by atoms with Crippen molar-refractivity contribution in [2.24, 2.45) is 5.73 Å². The summed E-state index contributed by atoms with van der Waals surface area (Å²) in [5, 5.41) is 12.0. The fraction of sp³-hybridized carbons (Fsp3) is 0.400. The number of carboxylic acid groups (broad SMARTS) is 1. The van der Waals surface area contributed by atoms with E-state index in [4.69, 9.17) is 24.7 Å². The maximum atomic E-state index is 12.5. The predicted molar refractivity (Wildman–Crippen MR) is 149 cm³/mol. The Labute approximate surface area is 233 Å². The lowest BCUT2D eigenvalue weighted by Crippen LogP contribution is -2.27. The molecule has 4 N–H and O–H groups in total. The summed E-state index contributed by atoms with van der Waals surface area (Å²) in [6.45, 7) is 8.14. The number of aliphatic carboxylic acids is 1. The van der Waals surface area contributed by atoms with Gasteiger partial charge in [-0.1, -0.05) is 19.1 Å². The average molecular weight is 552 g/mol. The number of aryl methyl sites for hydroxylation is 2. The zero-order valence-electron chi connectivity index (χ0n) is 23.4. The number of carboxylic acids is 1. The van der Waals surface area contributed by atoms with Crippen LogP contribution >= 0.6 is 0 Å². The Bertz CT molecular complexity index is 1330. The number of aromatic nitrogens is 1. The van der Waals surface area contributed by atoms with Gasteiger partial charge in [0, 0.05) is 30.5 Å². The standard InChI is InChI=1S/C30H37N3O7/c1-5-14-32-28(36)21-7-6-8-22(16-21)29-33-25(19(4)40-29)13-15-38-23-11-9-20(10-12-26(34)35)24(17-23)27(31)30(37)39-18(2)3/h6-9,11,16-18,27H,5,10,12-15,31H2,1-4H3,(H,32,36)(H,34,35). The van der Waals surface area contributed by atoms with Gasteiger partial charge in [-0.3, -0.25) is 9.59 Å². The van der Waals surface area contributed by atoms with Crippen LogP contribution in [-0.4, -0.2) is 47.2 Å². The number of nitrogens with two attached hydrogens (primary N) is 1. The van der Waals surface area contributed by atoms with Crippen LogP contribution in [0, 0.1) is 6.92 Å². The monoisotopic (exact) mass is 551 g/mol. The first-order valence-electron chi connectivity index (χ1n) is 13.4. The molecule has 0 aliphatic rings. The number of nitrogens with one attached hydrogen (secondary N) is 1. The molecule has 214 valence electrons. The Morgan fingerprint density at radius 3 is 2.60 bits per heavy atom. The van der Waals surface area contributed by atoms with Crippen molar-refractivity contribution in [3.05, 3.63) is 70.6 Å². The average Bonchev–Trinajstić information content (AvgIpc) is 3.30. The maximum absolute atomic E-state index is 12.5. The van der Waals surface area contributed by atoms with Crippen molar-refractivity contribution in [3.63, 3.8) is 0 Å². The van der Waals surface area contributed by atoms with Gasteiger partial charge in [0.1, 0.15) is 17.6 Å². The van der Waals surface area contributed by atoms with Gasteiger partial charge in [-0.2, -0.15) is 0 Å². The van der Waals surface area contributed by atoms with Gasteiger partial charge in [-0.25, -0.2) is 9.78 Å². The number of esters is 1. The zero-order valence-corrected chi connectivity index (χ0v) is 23.4. The molecular weight excluding hydrogens is 514 g/mol. The molecule has 10 heteroatoms. The van der Waals surface area contributed by atoms with E-state index < -0.39 is 18.0 Å². The molecule has 1 amide bonds. The SMILES string of the molecule is CCCNC(=O)c1cccc(-c2nc(CCOc3ccc(CCC(=O)O)c(C(N)C(=O)OC(C)C)c3)c(C)o2)c1. The lowest BCUT2D eigenvalue weighted by molar-refractivity contribution is -0.149. The number of nitrogens with zero attached hydrogens (tertiary/aromatic N) is 1. The van der Waals surface area contributed by atoms with Gasteiger partial charge < -0.3 is 30.0 Å². The summed E-state index contributed by atoms with van der Waals surface area (Å²) in [4.78, 5) is 40.5. The first-order valence-corrected chi connectivity index (χ1v) is 13.4. The Kier molecular flexibility index (Phi) is 10.8. The molecular formula is C30H37N3O7. The van der Waals surface area contributed by atoms with Crippen LogP contribution in [-0.2, 0) is 27.2 Å². The molecule has 1 unspecified atom stereocenters. The first-order chi connectivity index (χ1) is 19.1. The highest BCUT2D eigenvalue weighted by molar-refractivity contribution is 5.95. The van der Waals surface area contributed by atoms with Gasteiger partial charge in [-0.05, 0) is 75.1 Å². The third-order valence-corrected chi connectivity index (χ3v) is 6.07. The molecule has 0 bridgehead atoms. The van der Waals surface area contributed by atoms with Gasteiger partial charge >= 0.3 is 11.9 Å². The number of carbonyl (C=O) groups excluding carboxylic acids is 2. The Morgan fingerprint density at radius 2 is 1.90 bits per heavy atom. The Hall–Kier alpha value is -4.18. The minimum absolute atomic E-state index is 0.0980. The van der Waals surface area contributed by atoms with E-state index in [-0.39, 0.29) is 31.5 Å². The molecule has 0 saturated heterocycles. The van der Waals surface area contributed by atoms with E-state index in [0.717, 1.165) is 6.42 Å². The van der Waals surface area contributed by atoms with Crippen LogP contribution in [0.1, 0.15) is 72.6 Å².